The van der Waals surface area contributed by atoms with E-state index in [1.807, 2.05) is 18.2 Å². The molecule has 6 nitrogen and oxygen atoms in total. The second kappa shape index (κ2) is 16.3. The molecule has 1 N–H and O–H groups in total. The molecule has 0 unspecified atom stereocenters. The number of ketones is 1. The lowest BCUT2D eigenvalue weighted by Crippen LogP contribution is -2.36. The van der Waals surface area contributed by atoms with E-state index in [1.165, 1.54) is 12.0 Å². The van der Waals surface area contributed by atoms with E-state index >= 15 is 0 Å². The molecule has 0 aromatic heterocycles. The van der Waals surface area contributed by atoms with E-state index in [0.29, 0.717) is 12.0 Å². The smallest absolute Gasteiger partial charge is 0.307 e. The molecule has 2 aromatic carbocycles. The maximum absolute atomic E-state index is 12.3. The summed E-state index contributed by atoms with van der Waals surface area (Å²) >= 11 is 0. The standard InChI is InChI=1S/C19H25NO4.C11H16O/c1-5-9-15(12-17(22)24-19(2,3)4)18(23)20-13-16(21)14-10-7-6-8-11-14;1-3-4-9-12-11-7-5-10(2)6-8-11/h5-8,10-11,15H,1,9,12-13H2,2-4H3,(H,20,23);5-8H,3-4,9H2,1-2H3/t15-;/m1./s1. The molecule has 0 spiro atoms. The van der Waals surface area contributed by atoms with Crippen molar-refractivity contribution in [1.29, 1.82) is 0 Å². The first-order valence-electron chi connectivity index (χ1n) is 12.4. The molecular formula is C30H41NO5. The summed E-state index contributed by atoms with van der Waals surface area (Å²) in [4.78, 5) is 36.2. The predicted molar refractivity (Wildman–Crippen MR) is 144 cm³/mol. The Labute approximate surface area is 216 Å². The van der Waals surface area contributed by atoms with Gasteiger partial charge in [0, 0.05) is 5.56 Å². The number of hydrogen-bond acceptors (Lipinski definition) is 5. The lowest BCUT2D eigenvalue weighted by molar-refractivity contribution is -0.157. The number of rotatable bonds is 12. The molecule has 2 aromatic rings. The summed E-state index contributed by atoms with van der Waals surface area (Å²) in [7, 11) is 0. The number of nitrogens with one attached hydrogen (secondary N) is 1. The quantitative estimate of drug-likeness (QED) is 0.167. The number of allylic oxidation sites excluding steroid dienone is 1. The van der Waals surface area contributed by atoms with Crippen LogP contribution < -0.4 is 10.1 Å². The normalized spacial score (nSPS) is 11.4. The summed E-state index contributed by atoms with van der Waals surface area (Å²) in [6, 6.07) is 16.9. The van der Waals surface area contributed by atoms with E-state index in [1.54, 1.807) is 51.1 Å². The first kappa shape index (κ1) is 30.6. The van der Waals surface area contributed by atoms with Gasteiger partial charge in [-0.15, -0.1) is 6.58 Å². The molecule has 6 heteroatoms. The highest BCUT2D eigenvalue weighted by Crippen LogP contribution is 2.15. The number of esters is 1. The Morgan fingerprint density at radius 1 is 1.03 bits per heavy atom. The van der Waals surface area contributed by atoms with Crippen molar-refractivity contribution in [3.63, 3.8) is 0 Å². The first-order valence-corrected chi connectivity index (χ1v) is 12.4. The summed E-state index contributed by atoms with van der Waals surface area (Å²) < 4.78 is 10.7. The van der Waals surface area contributed by atoms with Gasteiger partial charge in [-0.3, -0.25) is 14.4 Å². The molecule has 1 amide bonds. The highest BCUT2D eigenvalue weighted by molar-refractivity contribution is 5.99. The molecular weight excluding hydrogens is 454 g/mol. The number of aryl methyl sites for hydroxylation is 1. The van der Waals surface area contributed by atoms with E-state index < -0.39 is 17.5 Å². The maximum Gasteiger partial charge on any atom is 0.307 e. The van der Waals surface area contributed by atoms with Crippen molar-refractivity contribution >= 4 is 17.7 Å². The van der Waals surface area contributed by atoms with Crippen LogP contribution in [0.3, 0.4) is 0 Å². The highest BCUT2D eigenvalue weighted by atomic mass is 16.6. The third-order valence-corrected chi connectivity index (χ3v) is 4.96. The van der Waals surface area contributed by atoms with Crippen LogP contribution in [0.1, 0.15) is 69.3 Å². The van der Waals surface area contributed by atoms with Crippen LogP contribution in [0.5, 0.6) is 5.75 Å². The lowest BCUT2D eigenvalue weighted by atomic mass is 10.00. The minimum absolute atomic E-state index is 0.0470. The van der Waals surface area contributed by atoms with Crippen LogP contribution in [-0.4, -0.2) is 36.4 Å². The molecule has 0 aliphatic heterocycles. The van der Waals surface area contributed by atoms with Gasteiger partial charge in [-0.2, -0.15) is 0 Å². The molecule has 0 aliphatic rings. The predicted octanol–water partition coefficient (Wildman–Crippen LogP) is 6.08. The van der Waals surface area contributed by atoms with Gasteiger partial charge in [0.15, 0.2) is 5.78 Å². The van der Waals surface area contributed by atoms with Crippen LogP contribution in [0.2, 0.25) is 0 Å². The van der Waals surface area contributed by atoms with Gasteiger partial charge in [0.25, 0.3) is 0 Å². The molecule has 2 rings (SSSR count). The molecule has 0 saturated carbocycles. The van der Waals surface area contributed by atoms with Gasteiger partial charge in [-0.1, -0.05) is 67.4 Å². The van der Waals surface area contributed by atoms with Gasteiger partial charge in [0.1, 0.15) is 11.4 Å². The van der Waals surface area contributed by atoms with Gasteiger partial charge >= 0.3 is 5.97 Å². The zero-order chi connectivity index (χ0) is 27.0. The third kappa shape index (κ3) is 13.5. The number of carbonyl (C=O) groups excluding carboxylic acids is 3. The first-order chi connectivity index (χ1) is 17.1. The van der Waals surface area contributed by atoms with Gasteiger partial charge in [-0.25, -0.2) is 0 Å². The number of carbonyl (C=O) groups is 3. The Morgan fingerprint density at radius 3 is 2.22 bits per heavy atom. The molecule has 0 saturated heterocycles. The molecule has 0 heterocycles. The average Bonchev–Trinajstić information content (AvgIpc) is 2.83. The van der Waals surface area contributed by atoms with Crippen molar-refractivity contribution in [2.45, 2.75) is 65.9 Å². The third-order valence-electron chi connectivity index (χ3n) is 4.96. The van der Waals surface area contributed by atoms with E-state index in [-0.39, 0.29) is 24.7 Å². The van der Waals surface area contributed by atoms with Gasteiger partial charge in [0.05, 0.1) is 25.5 Å². The van der Waals surface area contributed by atoms with Crippen molar-refractivity contribution in [3.8, 4) is 5.75 Å². The van der Waals surface area contributed by atoms with Crippen molar-refractivity contribution in [3.05, 3.63) is 78.4 Å². The number of benzene rings is 2. The molecule has 196 valence electrons. The minimum atomic E-state index is -0.602. The van der Waals surface area contributed by atoms with E-state index in [4.69, 9.17) is 9.47 Å². The molecule has 0 fully saturated rings. The van der Waals surface area contributed by atoms with E-state index in [0.717, 1.165) is 18.8 Å². The largest absolute Gasteiger partial charge is 0.494 e. The van der Waals surface area contributed by atoms with Crippen LogP contribution in [0.4, 0.5) is 0 Å². The van der Waals surface area contributed by atoms with Crippen molar-refractivity contribution in [2.24, 2.45) is 5.92 Å². The van der Waals surface area contributed by atoms with E-state index in [2.05, 4.69) is 37.9 Å². The van der Waals surface area contributed by atoms with Crippen molar-refractivity contribution in [1.82, 2.24) is 5.32 Å². The Morgan fingerprint density at radius 2 is 1.67 bits per heavy atom. The van der Waals surface area contributed by atoms with Gasteiger partial charge < -0.3 is 14.8 Å². The van der Waals surface area contributed by atoms with Crippen LogP contribution in [-0.2, 0) is 14.3 Å². The lowest BCUT2D eigenvalue weighted by Gasteiger charge is -2.21. The number of amides is 1. The van der Waals surface area contributed by atoms with Crippen molar-refractivity contribution in [2.75, 3.05) is 13.2 Å². The molecule has 0 aliphatic carbocycles. The Hall–Kier alpha value is -3.41. The zero-order valence-electron chi connectivity index (χ0n) is 22.3. The summed E-state index contributed by atoms with van der Waals surface area (Å²) in [5, 5.41) is 2.59. The summed E-state index contributed by atoms with van der Waals surface area (Å²) in [5.41, 5.74) is 1.21. The molecule has 0 bridgehead atoms. The number of ether oxygens (including phenoxy) is 2. The molecule has 0 radical (unpaired) electrons. The van der Waals surface area contributed by atoms with Crippen molar-refractivity contribution < 1.29 is 23.9 Å². The van der Waals surface area contributed by atoms with Crippen LogP contribution >= 0.6 is 0 Å². The maximum atomic E-state index is 12.3. The minimum Gasteiger partial charge on any atom is -0.494 e. The Bertz CT molecular complexity index is 946. The zero-order valence-corrected chi connectivity index (χ0v) is 22.3. The van der Waals surface area contributed by atoms with Crippen LogP contribution in [0.25, 0.3) is 0 Å². The second-order valence-electron chi connectivity index (χ2n) is 9.53. The SMILES string of the molecule is C=CC[C@H](CC(=O)OC(C)(C)C)C(=O)NCC(=O)c1ccccc1.CCCCOc1ccc(C)cc1. The fourth-order valence-electron chi connectivity index (χ4n) is 3.08. The highest BCUT2D eigenvalue weighted by Gasteiger charge is 2.25. The second-order valence-corrected chi connectivity index (χ2v) is 9.53. The topological polar surface area (TPSA) is 81.7 Å². The fraction of sp³-hybridized carbons (Fsp3) is 0.433. The number of hydrogen-bond donors (Lipinski definition) is 1. The van der Waals surface area contributed by atoms with Crippen LogP contribution in [0, 0.1) is 12.8 Å². The average molecular weight is 496 g/mol. The van der Waals surface area contributed by atoms with Crippen LogP contribution in [0.15, 0.2) is 67.3 Å². The number of unbranched alkanes of at least 4 members (excludes halogenated alkanes) is 1. The van der Waals surface area contributed by atoms with E-state index in [9.17, 15) is 14.4 Å². The monoisotopic (exact) mass is 495 g/mol. The van der Waals surface area contributed by atoms with Gasteiger partial charge in [0.2, 0.25) is 5.91 Å². The Kier molecular flexibility index (Phi) is 13.9. The Balaban J connectivity index is 0.000000450. The number of Topliss-reactive ketones (excluding diaryl/α,β-unsaturated/α-hetero) is 1. The van der Waals surface area contributed by atoms with Gasteiger partial charge in [-0.05, 0) is 52.7 Å². The summed E-state index contributed by atoms with van der Waals surface area (Å²) in [6.45, 7) is 13.9. The summed E-state index contributed by atoms with van der Waals surface area (Å²) in [5.74, 6) is -0.600. The fourth-order valence-corrected chi connectivity index (χ4v) is 3.08. The summed E-state index contributed by atoms with van der Waals surface area (Å²) in [6.07, 6.45) is 4.19. The molecule has 36 heavy (non-hydrogen) atoms. The molecule has 1 atom stereocenters.